The first-order valence-electron chi connectivity index (χ1n) is 7.66. The Hall–Kier alpha value is -1.84. The quantitative estimate of drug-likeness (QED) is 0.860. The molecule has 0 aliphatic rings. The van der Waals surface area contributed by atoms with Crippen LogP contribution in [0.4, 0.5) is 5.95 Å². The number of imidazole rings is 1. The number of hydrogen-bond donors (Lipinski definition) is 1. The van der Waals surface area contributed by atoms with Crippen molar-refractivity contribution in [3.8, 4) is 0 Å². The summed E-state index contributed by atoms with van der Waals surface area (Å²) >= 11 is 0. The summed E-state index contributed by atoms with van der Waals surface area (Å²) in [4.78, 5) is 12.4. The molecule has 0 unspecified atom stereocenters. The number of benzene rings is 1. The summed E-state index contributed by atoms with van der Waals surface area (Å²) in [5.41, 5.74) is 8.10. The maximum Gasteiger partial charge on any atom is 0.356 e. The first kappa shape index (κ1) is 15.5. The molecule has 2 rings (SSSR count). The minimum atomic E-state index is -0.355. The lowest BCUT2D eigenvalue weighted by molar-refractivity contribution is -0.644. The summed E-state index contributed by atoms with van der Waals surface area (Å²) in [5, 5.41) is 0. The predicted molar refractivity (Wildman–Crippen MR) is 85.9 cm³/mol. The van der Waals surface area contributed by atoms with Gasteiger partial charge in [0.1, 0.15) is 17.6 Å². The molecule has 21 heavy (non-hydrogen) atoms. The van der Waals surface area contributed by atoms with Gasteiger partial charge in [0.25, 0.3) is 0 Å². The van der Waals surface area contributed by atoms with Gasteiger partial charge in [-0.1, -0.05) is 46.2 Å². The number of carbonyl (C=O) groups is 1. The van der Waals surface area contributed by atoms with Crippen molar-refractivity contribution >= 4 is 22.8 Å². The highest BCUT2D eigenvalue weighted by Gasteiger charge is 2.27. The number of rotatable bonds is 5. The lowest BCUT2D eigenvalue weighted by Gasteiger charge is -2.15. The Kier molecular flexibility index (Phi) is 4.35. The van der Waals surface area contributed by atoms with Gasteiger partial charge in [-0.15, -0.1) is 0 Å². The Balaban J connectivity index is 2.48. The molecule has 2 aromatic rings. The molecule has 0 radical (unpaired) electrons. The van der Waals surface area contributed by atoms with Gasteiger partial charge in [-0.3, -0.25) is 10.5 Å². The maximum absolute atomic E-state index is 12.4. The number of ketones is 1. The second-order valence-electron chi connectivity index (χ2n) is 6.61. The third kappa shape index (κ3) is 3.09. The second kappa shape index (κ2) is 5.88. The van der Waals surface area contributed by atoms with Gasteiger partial charge in [0.05, 0.1) is 6.54 Å². The number of fused-ring (bicyclic) bond motifs is 1. The van der Waals surface area contributed by atoms with E-state index < -0.39 is 0 Å². The zero-order valence-electron chi connectivity index (χ0n) is 13.5. The molecule has 4 nitrogen and oxygen atoms in total. The molecule has 0 bridgehead atoms. The second-order valence-corrected chi connectivity index (χ2v) is 6.61. The van der Waals surface area contributed by atoms with Crippen molar-refractivity contribution < 1.29 is 9.36 Å². The Morgan fingerprint density at radius 2 is 1.95 bits per heavy atom. The van der Waals surface area contributed by atoms with E-state index in [9.17, 15) is 4.79 Å². The number of nitrogen functional groups attached to an aromatic ring is 1. The van der Waals surface area contributed by atoms with E-state index in [1.807, 2.05) is 43.5 Å². The maximum atomic E-state index is 12.4. The van der Waals surface area contributed by atoms with E-state index in [4.69, 9.17) is 5.73 Å². The summed E-state index contributed by atoms with van der Waals surface area (Å²) in [6, 6.07) is 8.10. The summed E-state index contributed by atoms with van der Waals surface area (Å²) in [7, 11) is 0. The van der Waals surface area contributed by atoms with Gasteiger partial charge in [0.15, 0.2) is 5.78 Å². The molecule has 1 heterocycles. The minimum Gasteiger partial charge on any atom is -0.295 e. The Morgan fingerprint density at radius 3 is 2.57 bits per heavy atom. The number of anilines is 1. The molecule has 0 atom stereocenters. The van der Waals surface area contributed by atoms with Crippen molar-refractivity contribution in [2.75, 3.05) is 5.73 Å². The Bertz CT molecular complexity index is 650. The highest BCUT2D eigenvalue weighted by Crippen LogP contribution is 2.19. The summed E-state index contributed by atoms with van der Waals surface area (Å²) < 4.78 is 4.06. The van der Waals surface area contributed by atoms with Crippen LogP contribution in [0.25, 0.3) is 11.0 Å². The Labute approximate surface area is 126 Å². The number of hydrogen-bond acceptors (Lipinski definition) is 2. The van der Waals surface area contributed by atoms with Gasteiger partial charge in [-0.2, -0.15) is 0 Å². The lowest BCUT2D eigenvalue weighted by atomic mass is 9.91. The highest BCUT2D eigenvalue weighted by atomic mass is 16.1. The molecule has 4 heteroatoms. The molecule has 0 spiro atoms. The van der Waals surface area contributed by atoms with Crippen molar-refractivity contribution in [3.05, 3.63) is 24.3 Å². The van der Waals surface area contributed by atoms with Crippen LogP contribution in [0.3, 0.4) is 0 Å². The molecule has 0 aliphatic heterocycles. The van der Waals surface area contributed by atoms with Gasteiger partial charge in [0, 0.05) is 5.41 Å². The third-order valence-electron chi connectivity index (χ3n) is 3.89. The van der Waals surface area contributed by atoms with E-state index in [1.165, 1.54) is 0 Å². The average Bonchev–Trinajstić information content (AvgIpc) is 2.69. The zero-order valence-corrected chi connectivity index (χ0v) is 13.5. The number of unbranched alkanes of at least 4 members (excludes halogenated alkanes) is 1. The molecule has 0 aliphatic carbocycles. The topological polar surface area (TPSA) is 51.9 Å². The van der Waals surface area contributed by atoms with Crippen molar-refractivity contribution in [2.45, 2.75) is 53.6 Å². The monoisotopic (exact) mass is 288 g/mol. The smallest absolute Gasteiger partial charge is 0.295 e. The molecule has 1 aromatic carbocycles. The van der Waals surface area contributed by atoms with Crippen LogP contribution < -0.4 is 10.3 Å². The number of Topliss-reactive ketones (excluding diaryl/α,β-unsaturated/α-hetero) is 1. The van der Waals surface area contributed by atoms with Crippen LogP contribution in [-0.4, -0.2) is 10.4 Å². The molecule has 0 amide bonds. The zero-order chi connectivity index (χ0) is 15.6. The Morgan fingerprint density at radius 1 is 1.29 bits per heavy atom. The van der Waals surface area contributed by atoms with Crippen molar-refractivity contribution in [1.82, 2.24) is 4.57 Å². The van der Waals surface area contributed by atoms with Gasteiger partial charge >= 0.3 is 5.95 Å². The van der Waals surface area contributed by atoms with E-state index in [-0.39, 0.29) is 11.2 Å². The SMILES string of the molecule is CCCCn1c(N)[n+](CC(=O)C(C)(C)C)c2ccccc21. The van der Waals surface area contributed by atoms with E-state index >= 15 is 0 Å². The molecule has 0 saturated carbocycles. The number of para-hydroxylation sites is 2. The van der Waals surface area contributed by atoms with Crippen LogP contribution in [0.2, 0.25) is 0 Å². The normalized spacial score (nSPS) is 12.0. The number of nitrogens with two attached hydrogens (primary N) is 1. The largest absolute Gasteiger partial charge is 0.356 e. The van der Waals surface area contributed by atoms with Crippen LogP contribution in [0.1, 0.15) is 40.5 Å². The van der Waals surface area contributed by atoms with Gasteiger partial charge in [0.2, 0.25) is 0 Å². The minimum absolute atomic E-state index is 0.192. The standard InChI is InChI=1S/C17H25N3O/c1-5-6-11-19-13-9-7-8-10-14(13)20(16(19)18)12-15(21)17(2,3)4/h7-10,18H,5-6,11-12H2,1-4H3/p+1. The van der Waals surface area contributed by atoms with Crippen molar-refractivity contribution in [2.24, 2.45) is 5.41 Å². The third-order valence-corrected chi connectivity index (χ3v) is 3.89. The van der Waals surface area contributed by atoms with Crippen molar-refractivity contribution in [1.29, 1.82) is 0 Å². The van der Waals surface area contributed by atoms with Crippen LogP contribution in [0.5, 0.6) is 0 Å². The molecule has 2 N–H and O–H groups in total. The van der Waals surface area contributed by atoms with Gasteiger partial charge in [-0.05, 0) is 18.6 Å². The summed E-state index contributed by atoms with van der Waals surface area (Å²) in [6.45, 7) is 9.22. The van der Waals surface area contributed by atoms with Crippen LogP contribution in [0.15, 0.2) is 24.3 Å². The first-order valence-corrected chi connectivity index (χ1v) is 7.66. The fourth-order valence-electron chi connectivity index (χ4n) is 2.41. The number of carbonyl (C=O) groups excluding carboxylic acids is 1. The van der Waals surface area contributed by atoms with E-state index in [2.05, 4.69) is 17.6 Å². The molecular weight excluding hydrogens is 262 g/mol. The van der Waals surface area contributed by atoms with Crippen LogP contribution in [0, 0.1) is 5.41 Å². The number of nitrogens with zero attached hydrogens (tertiary/aromatic N) is 2. The lowest BCUT2D eigenvalue weighted by Crippen LogP contribution is -2.43. The number of aryl methyl sites for hydroxylation is 1. The molecule has 0 fully saturated rings. The fraction of sp³-hybridized carbons (Fsp3) is 0.529. The molecule has 0 saturated heterocycles. The molecular formula is C17H26N3O+. The van der Waals surface area contributed by atoms with E-state index in [1.54, 1.807) is 0 Å². The van der Waals surface area contributed by atoms with E-state index in [0.717, 1.165) is 30.4 Å². The summed E-state index contributed by atoms with van der Waals surface area (Å²) in [5.74, 6) is 0.861. The fourth-order valence-corrected chi connectivity index (χ4v) is 2.41. The van der Waals surface area contributed by atoms with Gasteiger partial charge < -0.3 is 0 Å². The summed E-state index contributed by atoms with van der Waals surface area (Å²) in [6.07, 6.45) is 2.20. The predicted octanol–water partition coefficient (Wildman–Crippen LogP) is 2.93. The molecule has 114 valence electrons. The number of aromatic nitrogens is 2. The highest BCUT2D eigenvalue weighted by molar-refractivity contribution is 5.83. The van der Waals surface area contributed by atoms with Gasteiger partial charge in [-0.25, -0.2) is 9.13 Å². The first-order chi connectivity index (χ1) is 9.86. The van der Waals surface area contributed by atoms with E-state index in [0.29, 0.717) is 12.5 Å². The average molecular weight is 288 g/mol. The van der Waals surface area contributed by atoms with Crippen molar-refractivity contribution in [3.63, 3.8) is 0 Å². The van der Waals surface area contributed by atoms with Crippen LogP contribution >= 0.6 is 0 Å². The van der Waals surface area contributed by atoms with Crippen LogP contribution in [-0.2, 0) is 17.9 Å². The molecule has 1 aromatic heterocycles.